The molecule has 1 aliphatic heterocycles. The number of fused-ring (bicyclic) bond motifs is 1. The van der Waals surface area contributed by atoms with E-state index in [1.165, 1.54) is 17.2 Å². The molecule has 5 atom stereocenters. The molecule has 0 radical (unpaired) electrons. The molecule has 3 heterocycles. The van der Waals surface area contributed by atoms with Crippen LogP contribution in [-0.2, 0) is 23.1 Å². The van der Waals surface area contributed by atoms with E-state index in [9.17, 15) is 24.5 Å². The summed E-state index contributed by atoms with van der Waals surface area (Å²) in [7, 11) is -5.25. The highest BCUT2D eigenvalue weighted by Gasteiger charge is 2.45. The molecule has 1 saturated heterocycles. The maximum atomic E-state index is 11.7. The predicted octanol–water partition coefficient (Wildman–Crippen LogP) is -0.574. The number of aliphatic hydroxyl groups is 2. The summed E-state index contributed by atoms with van der Waals surface area (Å²) in [5.41, 5.74) is 6.13. The maximum absolute atomic E-state index is 11.7. The van der Waals surface area contributed by atoms with Crippen LogP contribution in [0.2, 0.25) is 0 Å². The number of hydrogen-bond donors (Lipinski definition) is 3. The molecule has 4 N–H and O–H groups in total. The third kappa shape index (κ3) is 4.74. The first-order chi connectivity index (χ1) is 13.4. The van der Waals surface area contributed by atoms with E-state index >= 15 is 0 Å². The van der Waals surface area contributed by atoms with Gasteiger partial charge in [-0.25, -0.2) is 19.7 Å². The van der Waals surface area contributed by atoms with Gasteiger partial charge in [0, 0.05) is 0 Å². The van der Waals surface area contributed by atoms with Crippen molar-refractivity contribution in [1.29, 1.82) is 0 Å². The Kier molecular flexibility index (Phi) is 6.26. The fraction of sp³-hybridized carbons (Fsp3) is 0.500. The van der Waals surface area contributed by atoms with E-state index in [1.807, 2.05) is 0 Å². The quantitative estimate of drug-likeness (QED) is 0.356. The molecular formula is C12H12Cl3N5O8P-. The third-order valence-electron chi connectivity index (χ3n) is 3.82. The van der Waals surface area contributed by atoms with Crippen LogP contribution in [0, 0.1) is 0 Å². The SMILES string of the molecule is Nc1ncnc2c1ncn2[C@@H]1O[C@H](COP(=O)([O-])OC(=O)C(Cl)(Cl)Cl)[C@@H](O)[C@H]1O. The highest BCUT2D eigenvalue weighted by atomic mass is 35.6. The van der Waals surface area contributed by atoms with Gasteiger partial charge in [-0.2, -0.15) is 0 Å². The van der Waals surface area contributed by atoms with Crippen LogP contribution in [0.25, 0.3) is 11.2 Å². The van der Waals surface area contributed by atoms with Crippen LogP contribution in [0.1, 0.15) is 6.23 Å². The third-order valence-corrected chi connectivity index (χ3v) is 5.14. The molecule has 0 aromatic carbocycles. The first kappa shape index (κ1) is 22.4. The summed E-state index contributed by atoms with van der Waals surface area (Å²) in [6.45, 7) is -0.813. The Morgan fingerprint density at radius 3 is 2.69 bits per heavy atom. The lowest BCUT2D eigenvalue weighted by atomic mass is 10.1. The number of imidazole rings is 1. The predicted molar refractivity (Wildman–Crippen MR) is 95.6 cm³/mol. The van der Waals surface area contributed by atoms with Gasteiger partial charge >= 0.3 is 13.8 Å². The van der Waals surface area contributed by atoms with Gasteiger partial charge in [-0.05, 0) is 0 Å². The van der Waals surface area contributed by atoms with Crippen LogP contribution in [0.15, 0.2) is 12.7 Å². The van der Waals surface area contributed by atoms with Gasteiger partial charge in [0.2, 0.25) is 0 Å². The van der Waals surface area contributed by atoms with Crippen molar-refractivity contribution in [3.05, 3.63) is 12.7 Å². The number of aromatic nitrogens is 4. The minimum absolute atomic E-state index is 0.0877. The van der Waals surface area contributed by atoms with Crippen molar-refractivity contribution in [1.82, 2.24) is 19.5 Å². The van der Waals surface area contributed by atoms with Crippen molar-refractivity contribution in [2.24, 2.45) is 0 Å². The van der Waals surface area contributed by atoms with E-state index < -0.39 is 48.7 Å². The van der Waals surface area contributed by atoms with Gasteiger partial charge in [0.15, 0.2) is 17.7 Å². The number of carbonyl (C=O) groups excluding carboxylic acids is 1. The van der Waals surface area contributed by atoms with Gasteiger partial charge in [0.25, 0.3) is 3.79 Å². The van der Waals surface area contributed by atoms with Crippen LogP contribution in [0.3, 0.4) is 0 Å². The number of anilines is 1. The van der Waals surface area contributed by atoms with Crippen molar-refractivity contribution < 1.29 is 38.3 Å². The summed E-state index contributed by atoms with van der Waals surface area (Å²) in [6, 6.07) is 0. The molecule has 0 bridgehead atoms. The van der Waals surface area contributed by atoms with Crippen molar-refractivity contribution in [2.75, 3.05) is 12.3 Å². The van der Waals surface area contributed by atoms with Crippen molar-refractivity contribution in [3.8, 4) is 0 Å². The van der Waals surface area contributed by atoms with Gasteiger partial charge in [-0.1, -0.05) is 34.8 Å². The number of nitrogens with zero attached hydrogens (tertiary/aromatic N) is 4. The molecule has 2 aromatic rings. The first-order valence-corrected chi connectivity index (χ1v) is 10.2. The Morgan fingerprint density at radius 2 is 2.03 bits per heavy atom. The molecule has 0 spiro atoms. The number of nitrogen functional groups attached to an aromatic ring is 1. The zero-order valence-electron chi connectivity index (χ0n) is 14.0. The van der Waals surface area contributed by atoms with E-state index in [0.29, 0.717) is 0 Å². The lowest BCUT2D eigenvalue weighted by molar-refractivity contribution is -0.227. The molecule has 1 unspecified atom stereocenters. The normalized spacial score (nSPS) is 27.1. The highest BCUT2D eigenvalue weighted by Crippen LogP contribution is 2.43. The van der Waals surface area contributed by atoms with E-state index in [2.05, 4.69) is 24.0 Å². The summed E-state index contributed by atoms with van der Waals surface area (Å²) >= 11 is 15.6. The molecule has 3 rings (SSSR count). The minimum Gasteiger partial charge on any atom is -0.746 e. The molecule has 29 heavy (non-hydrogen) atoms. The van der Waals surface area contributed by atoms with Gasteiger partial charge in [0.1, 0.15) is 30.2 Å². The molecule has 1 fully saturated rings. The van der Waals surface area contributed by atoms with Crippen molar-refractivity contribution in [2.45, 2.75) is 28.3 Å². The zero-order chi connectivity index (χ0) is 21.6. The maximum Gasteiger partial charge on any atom is 0.364 e. The number of phosphoric acid groups is 1. The molecule has 0 saturated carbocycles. The Balaban J connectivity index is 1.70. The van der Waals surface area contributed by atoms with Gasteiger partial charge in [0.05, 0.1) is 12.9 Å². The molecule has 0 amide bonds. The van der Waals surface area contributed by atoms with Crippen molar-refractivity contribution >= 4 is 65.6 Å². The van der Waals surface area contributed by atoms with E-state index in [0.717, 1.165) is 0 Å². The van der Waals surface area contributed by atoms with Gasteiger partial charge < -0.3 is 34.6 Å². The second kappa shape index (κ2) is 8.10. The average molecular weight is 492 g/mol. The van der Waals surface area contributed by atoms with Crippen LogP contribution in [0.5, 0.6) is 0 Å². The second-order valence-corrected chi connectivity index (χ2v) is 9.37. The van der Waals surface area contributed by atoms with Gasteiger partial charge in [-0.3, -0.25) is 9.13 Å². The highest BCUT2D eigenvalue weighted by molar-refractivity contribution is 7.46. The second-order valence-electron chi connectivity index (χ2n) is 5.75. The number of ether oxygens (including phenoxy) is 1. The molecule has 160 valence electrons. The topological polar surface area (TPSA) is 195 Å². The molecule has 2 aromatic heterocycles. The lowest BCUT2D eigenvalue weighted by Crippen LogP contribution is -2.34. The molecule has 17 heteroatoms. The molecule has 1 aliphatic rings. The largest absolute Gasteiger partial charge is 0.746 e. The number of alkyl halides is 3. The monoisotopic (exact) mass is 490 g/mol. The number of aliphatic hydroxyl groups excluding tert-OH is 2. The van der Waals surface area contributed by atoms with Crippen LogP contribution in [-0.4, -0.2) is 64.4 Å². The van der Waals surface area contributed by atoms with Crippen LogP contribution >= 0.6 is 42.6 Å². The Morgan fingerprint density at radius 1 is 1.34 bits per heavy atom. The number of carbonyl (C=O) groups is 1. The number of rotatable bonds is 5. The summed E-state index contributed by atoms with van der Waals surface area (Å²) in [4.78, 5) is 34.8. The Bertz CT molecular complexity index is 971. The van der Waals surface area contributed by atoms with Crippen LogP contribution < -0.4 is 10.6 Å². The Hall–Kier alpha value is -1.28. The fourth-order valence-electron chi connectivity index (χ4n) is 2.50. The summed E-state index contributed by atoms with van der Waals surface area (Å²) in [6.07, 6.45) is -3.19. The molecule has 13 nitrogen and oxygen atoms in total. The number of hydrogen-bond acceptors (Lipinski definition) is 12. The van der Waals surface area contributed by atoms with Crippen LogP contribution in [0.4, 0.5) is 5.82 Å². The Labute approximate surface area is 176 Å². The van der Waals surface area contributed by atoms with E-state index in [1.54, 1.807) is 0 Å². The summed E-state index contributed by atoms with van der Waals surface area (Å²) in [5.74, 6) is -1.61. The number of phosphoric ester groups is 1. The molecule has 0 aliphatic carbocycles. The van der Waals surface area contributed by atoms with E-state index in [4.69, 9.17) is 45.3 Å². The zero-order valence-corrected chi connectivity index (χ0v) is 17.1. The molecular weight excluding hydrogens is 479 g/mol. The number of halogens is 3. The number of nitrogens with two attached hydrogens (primary N) is 1. The smallest absolute Gasteiger partial charge is 0.364 e. The average Bonchev–Trinajstić information content (AvgIpc) is 3.15. The standard InChI is InChI=1S/C12H13Cl3N5O8P/c13-12(14,15)11(23)28-29(24,25)26-1-4-6(21)7(22)10(27-4)20-3-19-5-8(16)17-2-18-9(5)20/h2-4,6-7,10,21-22H,1H2,(H,24,25)(H2,16,17,18)/p-1/t4-,6-,7-,10-/m1/s1. The lowest BCUT2D eigenvalue weighted by Gasteiger charge is -2.25. The van der Waals surface area contributed by atoms with Crippen molar-refractivity contribution in [3.63, 3.8) is 0 Å². The first-order valence-electron chi connectivity index (χ1n) is 7.61. The summed E-state index contributed by atoms with van der Waals surface area (Å²) in [5, 5.41) is 20.4. The van der Waals surface area contributed by atoms with E-state index in [-0.39, 0.29) is 17.0 Å². The minimum atomic E-state index is -5.25. The van der Waals surface area contributed by atoms with Gasteiger partial charge in [-0.15, -0.1) is 0 Å². The fourth-order valence-corrected chi connectivity index (χ4v) is 3.50. The summed E-state index contributed by atoms with van der Waals surface area (Å²) < 4.78 is 24.3.